The maximum Gasteiger partial charge on any atom is 0.314 e. The van der Waals surface area contributed by atoms with Crippen LogP contribution in [0.4, 0.5) is 0 Å². The van der Waals surface area contributed by atoms with Crippen LogP contribution >= 0.6 is 0 Å². The molecule has 7 heteroatoms. The molecule has 2 atom stereocenters. The molecule has 0 heterocycles. The zero-order valence-corrected chi connectivity index (χ0v) is 11.8. The molecule has 0 radical (unpaired) electrons. The van der Waals surface area contributed by atoms with E-state index >= 15 is 0 Å². The average molecular weight is 303 g/mol. The summed E-state index contributed by atoms with van der Waals surface area (Å²) < 4.78 is 0. The number of nitrogens with zero attached hydrogens (tertiary/aromatic N) is 1. The van der Waals surface area contributed by atoms with Crippen LogP contribution in [0.5, 0.6) is 0 Å². The number of nitro groups is 1. The lowest BCUT2D eigenvalue weighted by atomic mass is 9.87. The van der Waals surface area contributed by atoms with Crippen LogP contribution in [0.1, 0.15) is 5.56 Å². The Morgan fingerprint density at radius 3 is 2.68 bits per heavy atom. The molecule has 0 aromatic heterocycles. The first-order valence-electron chi connectivity index (χ1n) is 6.78. The van der Waals surface area contributed by atoms with Crippen molar-refractivity contribution in [3.8, 4) is 0 Å². The molecule has 2 rings (SSSR count). The third-order valence-corrected chi connectivity index (χ3v) is 3.55. The van der Waals surface area contributed by atoms with E-state index in [1.54, 1.807) is 0 Å². The van der Waals surface area contributed by atoms with Gasteiger partial charge in [-0.15, -0.1) is 0 Å². The highest BCUT2D eigenvalue weighted by Crippen LogP contribution is 2.24. The van der Waals surface area contributed by atoms with Gasteiger partial charge in [0, 0.05) is 18.7 Å². The highest BCUT2D eigenvalue weighted by molar-refractivity contribution is 5.75. The predicted octanol–water partition coefficient (Wildman–Crippen LogP) is 0.905. The van der Waals surface area contributed by atoms with Crippen molar-refractivity contribution < 1.29 is 14.8 Å². The number of allylic oxidation sites excluding steroid dienone is 1. The van der Waals surface area contributed by atoms with E-state index in [-0.39, 0.29) is 5.70 Å². The smallest absolute Gasteiger partial charge is 0.314 e. The van der Waals surface area contributed by atoms with Crippen molar-refractivity contribution >= 4 is 5.97 Å². The molecule has 1 aromatic carbocycles. The van der Waals surface area contributed by atoms with Crippen LogP contribution in [0.2, 0.25) is 0 Å². The molecule has 0 bridgehead atoms. The van der Waals surface area contributed by atoms with Crippen LogP contribution in [0.15, 0.2) is 54.3 Å². The molecule has 4 N–H and O–H groups in total. The zero-order valence-electron chi connectivity index (χ0n) is 11.8. The van der Waals surface area contributed by atoms with E-state index in [2.05, 4.69) is 5.32 Å². The number of rotatable bonds is 6. The fourth-order valence-corrected chi connectivity index (χ4v) is 2.33. The second-order valence-electron chi connectivity index (χ2n) is 5.09. The van der Waals surface area contributed by atoms with Gasteiger partial charge in [-0.2, -0.15) is 0 Å². The Morgan fingerprint density at radius 2 is 2.09 bits per heavy atom. The van der Waals surface area contributed by atoms with Crippen LogP contribution in [-0.4, -0.2) is 28.2 Å². The first kappa shape index (κ1) is 15.9. The third-order valence-electron chi connectivity index (χ3n) is 3.55. The molecule has 1 aliphatic carbocycles. The molecule has 1 aromatic rings. The summed E-state index contributed by atoms with van der Waals surface area (Å²) in [5.74, 6) is -2.41. The molecule has 0 aliphatic heterocycles. The van der Waals surface area contributed by atoms with Gasteiger partial charge in [0.2, 0.25) is 0 Å². The fraction of sp³-hybridized carbons (Fsp3) is 0.267. The number of carbonyl (C=O) groups is 1. The molecule has 0 saturated heterocycles. The van der Waals surface area contributed by atoms with Gasteiger partial charge in [0.05, 0.1) is 4.92 Å². The molecular formula is C15H17N3O4. The minimum atomic E-state index is -1.35. The number of aliphatic carboxylic acids is 1. The van der Waals surface area contributed by atoms with Crippen LogP contribution in [0, 0.1) is 16.0 Å². The summed E-state index contributed by atoms with van der Waals surface area (Å²) >= 11 is 0. The van der Waals surface area contributed by atoms with E-state index in [0.717, 1.165) is 11.6 Å². The third kappa shape index (κ3) is 3.57. The van der Waals surface area contributed by atoms with Crippen LogP contribution in [0.25, 0.3) is 0 Å². The number of hydrogen-bond donors (Lipinski definition) is 3. The van der Waals surface area contributed by atoms with E-state index in [1.165, 1.54) is 12.2 Å². The standard InChI is InChI=1S/C15H17N3O4/c16-15(17-9-7-11-4-2-1-3-5-11)8-6-12(18(21)22)10-13(15)14(19)20/h1-6,8,10,13,17H,7,9,16H2,(H,19,20). The van der Waals surface area contributed by atoms with Crippen molar-refractivity contribution in [2.24, 2.45) is 11.7 Å². The van der Waals surface area contributed by atoms with Gasteiger partial charge in [0.25, 0.3) is 5.70 Å². The molecule has 0 amide bonds. The van der Waals surface area contributed by atoms with Gasteiger partial charge in [-0.25, -0.2) is 0 Å². The number of carboxylic acids is 1. The SMILES string of the molecule is NC1(NCCc2ccccc2)C=CC([N+](=O)[O-])=CC1C(=O)O. The van der Waals surface area contributed by atoms with Gasteiger partial charge in [-0.3, -0.25) is 20.2 Å². The maximum atomic E-state index is 11.4. The first-order chi connectivity index (χ1) is 10.4. The highest BCUT2D eigenvalue weighted by Gasteiger charge is 2.40. The lowest BCUT2D eigenvalue weighted by Gasteiger charge is -2.33. The van der Waals surface area contributed by atoms with Gasteiger partial charge in [-0.05, 0) is 18.1 Å². The van der Waals surface area contributed by atoms with Gasteiger partial charge < -0.3 is 10.8 Å². The van der Waals surface area contributed by atoms with E-state index in [1.807, 2.05) is 30.3 Å². The minimum Gasteiger partial charge on any atom is -0.481 e. The summed E-state index contributed by atoms with van der Waals surface area (Å²) in [6.45, 7) is 0.455. The topological polar surface area (TPSA) is 118 Å². The molecule has 7 nitrogen and oxygen atoms in total. The molecular weight excluding hydrogens is 286 g/mol. The highest BCUT2D eigenvalue weighted by atomic mass is 16.6. The Labute approximate surface area is 127 Å². The Balaban J connectivity index is 2.06. The summed E-state index contributed by atoms with van der Waals surface area (Å²) in [6.07, 6.45) is 4.31. The second-order valence-corrected chi connectivity index (χ2v) is 5.09. The van der Waals surface area contributed by atoms with E-state index in [4.69, 9.17) is 5.73 Å². The maximum absolute atomic E-state index is 11.4. The fourth-order valence-electron chi connectivity index (χ4n) is 2.33. The number of nitrogens with one attached hydrogen (secondary N) is 1. The first-order valence-corrected chi connectivity index (χ1v) is 6.78. The molecule has 0 spiro atoms. The van der Waals surface area contributed by atoms with Gasteiger partial charge >= 0.3 is 5.97 Å². The lowest BCUT2D eigenvalue weighted by Crippen LogP contribution is -2.60. The molecule has 2 unspecified atom stereocenters. The van der Waals surface area contributed by atoms with Crippen LogP contribution < -0.4 is 11.1 Å². The van der Waals surface area contributed by atoms with Crippen molar-refractivity contribution in [2.75, 3.05) is 6.54 Å². The Bertz CT molecular complexity index is 627. The van der Waals surface area contributed by atoms with E-state index < -0.39 is 22.5 Å². The van der Waals surface area contributed by atoms with Crippen molar-refractivity contribution in [2.45, 2.75) is 12.1 Å². The minimum absolute atomic E-state index is 0.265. The Hall–Kier alpha value is -2.51. The Morgan fingerprint density at radius 1 is 1.41 bits per heavy atom. The molecule has 0 fully saturated rings. The van der Waals surface area contributed by atoms with Crippen LogP contribution in [0.3, 0.4) is 0 Å². The van der Waals surface area contributed by atoms with Gasteiger partial charge in [0.1, 0.15) is 11.6 Å². The van der Waals surface area contributed by atoms with Gasteiger partial charge in [-0.1, -0.05) is 30.3 Å². The summed E-state index contributed by atoms with van der Waals surface area (Å²) in [5.41, 5.74) is 5.56. The number of nitrogens with two attached hydrogens (primary N) is 1. The molecule has 116 valence electrons. The average Bonchev–Trinajstić information content (AvgIpc) is 2.48. The number of hydrogen-bond acceptors (Lipinski definition) is 5. The largest absolute Gasteiger partial charge is 0.481 e. The van der Waals surface area contributed by atoms with Crippen molar-refractivity contribution in [3.63, 3.8) is 0 Å². The zero-order chi connectivity index (χ0) is 16.2. The molecule has 0 saturated carbocycles. The summed E-state index contributed by atoms with van der Waals surface area (Å²) in [7, 11) is 0. The van der Waals surface area contributed by atoms with E-state index in [9.17, 15) is 20.0 Å². The van der Waals surface area contributed by atoms with E-state index in [0.29, 0.717) is 13.0 Å². The lowest BCUT2D eigenvalue weighted by molar-refractivity contribution is -0.419. The number of benzene rings is 1. The Kier molecular flexibility index (Phi) is 4.69. The second kappa shape index (κ2) is 6.50. The summed E-state index contributed by atoms with van der Waals surface area (Å²) in [4.78, 5) is 21.5. The van der Waals surface area contributed by atoms with Crippen LogP contribution in [-0.2, 0) is 11.2 Å². The van der Waals surface area contributed by atoms with Crippen molar-refractivity contribution in [1.82, 2.24) is 5.32 Å². The summed E-state index contributed by atoms with van der Waals surface area (Å²) in [5, 5.41) is 23.0. The molecule has 22 heavy (non-hydrogen) atoms. The number of carboxylic acid groups (broad SMARTS) is 1. The summed E-state index contributed by atoms with van der Waals surface area (Å²) in [6, 6.07) is 9.66. The van der Waals surface area contributed by atoms with Gasteiger partial charge in [0.15, 0.2) is 0 Å². The quantitative estimate of drug-likeness (QED) is 0.408. The molecule has 1 aliphatic rings. The van der Waals surface area contributed by atoms with Crippen molar-refractivity contribution in [1.29, 1.82) is 0 Å². The normalized spacial score (nSPS) is 23.9. The van der Waals surface area contributed by atoms with Crippen molar-refractivity contribution in [3.05, 3.63) is 69.9 Å². The monoisotopic (exact) mass is 303 g/mol. The predicted molar refractivity (Wildman–Crippen MR) is 80.4 cm³/mol.